The van der Waals surface area contributed by atoms with Crippen LogP contribution >= 0.6 is 0 Å². The molecule has 15 heavy (non-hydrogen) atoms. The van der Waals surface area contributed by atoms with Crippen LogP contribution in [0.1, 0.15) is 0 Å². The minimum Gasteiger partial charge on any atom is -0.445 e. The molecule has 0 aromatic carbocycles. The molecule has 0 N–H and O–H groups in total. The van der Waals surface area contributed by atoms with Gasteiger partial charge in [0.2, 0.25) is 0 Å². The lowest BCUT2D eigenvalue weighted by Crippen LogP contribution is -2.27. The molecule has 0 amide bonds. The SMILES string of the molecule is C=C(Cn1cc(F)ccc1=O)[B-](F)(F)F. The van der Waals surface area contributed by atoms with Crippen LogP contribution in [0.5, 0.6) is 0 Å². The summed E-state index contributed by atoms with van der Waals surface area (Å²) >= 11 is 0. The molecule has 1 heterocycles. The molecule has 82 valence electrons. The molecule has 7 heteroatoms. The fourth-order valence-electron chi connectivity index (χ4n) is 0.948. The van der Waals surface area contributed by atoms with E-state index < -0.39 is 30.4 Å². The smallest absolute Gasteiger partial charge is 0.445 e. The quantitative estimate of drug-likeness (QED) is 0.563. The first-order valence-electron chi connectivity index (χ1n) is 4.04. The van der Waals surface area contributed by atoms with Gasteiger partial charge in [-0.05, 0) is 6.07 Å². The summed E-state index contributed by atoms with van der Waals surface area (Å²) in [5, 5.41) is 0. The van der Waals surface area contributed by atoms with Crippen LogP contribution in [0.15, 0.2) is 35.2 Å². The molecular weight excluding hydrogens is 213 g/mol. The molecule has 0 spiro atoms. The predicted octanol–water partition coefficient (Wildman–Crippen LogP) is 1.93. The monoisotopic (exact) mass is 220 g/mol. The normalized spacial score (nSPS) is 11.5. The standard InChI is InChI=1S/C8H7BF4NO/c1-6(9(11,12)13)4-14-5-7(10)2-3-8(14)15/h2-3,5H,1,4H2/q-1. The Hall–Kier alpha value is -1.53. The van der Waals surface area contributed by atoms with Gasteiger partial charge in [-0.2, -0.15) is 0 Å². The highest BCUT2D eigenvalue weighted by Gasteiger charge is 2.26. The predicted molar refractivity (Wildman–Crippen MR) is 48.9 cm³/mol. The van der Waals surface area contributed by atoms with Crippen molar-refractivity contribution in [2.24, 2.45) is 0 Å². The van der Waals surface area contributed by atoms with E-state index in [1.807, 2.05) is 0 Å². The second-order valence-corrected chi connectivity index (χ2v) is 3.05. The van der Waals surface area contributed by atoms with E-state index in [0.717, 1.165) is 18.3 Å². The van der Waals surface area contributed by atoms with Crippen LogP contribution in [0, 0.1) is 5.82 Å². The van der Waals surface area contributed by atoms with E-state index in [0.29, 0.717) is 4.57 Å². The van der Waals surface area contributed by atoms with Crippen molar-refractivity contribution in [1.82, 2.24) is 4.57 Å². The summed E-state index contributed by atoms with van der Waals surface area (Å²) in [6.07, 6.45) is 0.718. The van der Waals surface area contributed by atoms with Gasteiger partial charge in [0.25, 0.3) is 5.56 Å². The van der Waals surface area contributed by atoms with Crippen molar-refractivity contribution in [2.45, 2.75) is 6.54 Å². The molecule has 1 aromatic heterocycles. The summed E-state index contributed by atoms with van der Waals surface area (Å²) in [5.74, 6) is -0.767. The highest BCUT2D eigenvalue weighted by atomic mass is 19.4. The van der Waals surface area contributed by atoms with Crippen LogP contribution in [-0.4, -0.2) is 11.5 Å². The van der Waals surface area contributed by atoms with Gasteiger partial charge < -0.3 is 17.5 Å². The molecule has 0 saturated carbocycles. The molecule has 0 radical (unpaired) electrons. The molecule has 2 nitrogen and oxygen atoms in total. The van der Waals surface area contributed by atoms with Crippen molar-refractivity contribution >= 4 is 6.98 Å². The van der Waals surface area contributed by atoms with Crippen LogP contribution in [0.4, 0.5) is 17.3 Å². The van der Waals surface area contributed by atoms with Crippen molar-refractivity contribution in [3.8, 4) is 0 Å². The van der Waals surface area contributed by atoms with Crippen molar-refractivity contribution in [2.75, 3.05) is 0 Å². The third-order valence-electron chi connectivity index (χ3n) is 1.78. The number of rotatable bonds is 3. The summed E-state index contributed by atoms with van der Waals surface area (Å²) in [6.45, 7) is -3.12. The van der Waals surface area contributed by atoms with Crippen molar-refractivity contribution < 1.29 is 17.3 Å². The highest BCUT2D eigenvalue weighted by molar-refractivity contribution is 6.66. The van der Waals surface area contributed by atoms with Gasteiger partial charge in [0.15, 0.2) is 0 Å². The minimum atomic E-state index is -5.20. The van der Waals surface area contributed by atoms with E-state index in [2.05, 4.69) is 6.58 Å². The molecule has 0 fully saturated rings. The number of hydrogen-bond donors (Lipinski definition) is 0. The maximum absolute atomic E-state index is 12.6. The van der Waals surface area contributed by atoms with Gasteiger partial charge >= 0.3 is 6.98 Å². The summed E-state index contributed by atoms with van der Waals surface area (Å²) in [7, 11) is 0. The van der Waals surface area contributed by atoms with E-state index in [9.17, 15) is 22.1 Å². The zero-order chi connectivity index (χ0) is 11.6. The lowest BCUT2D eigenvalue weighted by atomic mass is 9.80. The fourth-order valence-corrected chi connectivity index (χ4v) is 0.948. The lowest BCUT2D eigenvalue weighted by molar-refractivity contribution is 0.480. The fraction of sp³-hybridized carbons (Fsp3) is 0.125. The summed E-state index contributed by atoms with van der Waals surface area (Å²) < 4.78 is 49.6. The Morgan fingerprint density at radius 2 is 2.00 bits per heavy atom. The third-order valence-corrected chi connectivity index (χ3v) is 1.78. The van der Waals surface area contributed by atoms with Gasteiger partial charge in [-0.3, -0.25) is 4.79 Å². The van der Waals surface area contributed by atoms with Crippen molar-refractivity contribution in [1.29, 1.82) is 0 Å². The number of halogens is 4. The van der Waals surface area contributed by atoms with Gasteiger partial charge in [0.05, 0.1) is 0 Å². The van der Waals surface area contributed by atoms with Gasteiger partial charge in [0, 0.05) is 18.8 Å². The molecule has 0 saturated heterocycles. The average Bonchev–Trinajstić information content (AvgIpc) is 2.09. The second-order valence-electron chi connectivity index (χ2n) is 3.05. The van der Waals surface area contributed by atoms with E-state index in [1.165, 1.54) is 0 Å². The largest absolute Gasteiger partial charge is 0.506 e. The highest BCUT2D eigenvalue weighted by Crippen LogP contribution is 2.18. The molecule has 0 aliphatic rings. The first-order chi connectivity index (χ1) is 6.80. The van der Waals surface area contributed by atoms with Gasteiger partial charge in [-0.1, -0.05) is 0 Å². The number of nitrogens with zero attached hydrogens (tertiary/aromatic N) is 1. The Balaban J connectivity index is 2.95. The number of hydrogen-bond acceptors (Lipinski definition) is 1. The number of pyridine rings is 1. The number of aromatic nitrogens is 1. The number of allylic oxidation sites excluding steroid dienone is 1. The Bertz CT molecular complexity index is 437. The van der Waals surface area contributed by atoms with E-state index in [-0.39, 0.29) is 0 Å². The molecule has 1 aromatic rings. The van der Waals surface area contributed by atoms with Gasteiger partial charge in [-0.25, -0.2) is 4.39 Å². The molecule has 0 aliphatic heterocycles. The maximum Gasteiger partial charge on any atom is 0.506 e. The topological polar surface area (TPSA) is 22.0 Å². The average molecular weight is 220 g/mol. The van der Waals surface area contributed by atoms with Crippen molar-refractivity contribution in [3.63, 3.8) is 0 Å². The third kappa shape index (κ3) is 2.97. The first-order valence-corrected chi connectivity index (χ1v) is 4.04. The van der Waals surface area contributed by atoms with E-state index >= 15 is 0 Å². The van der Waals surface area contributed by atoms with Crippen molar-refractivity contribution in [3.05, 3.63) is 46.6 Å². The zero-order valence-corrected chi connectivity index (χ0v) is 7.59. The Morgan fingerprint density at radius 1 is 1.40 bits per heavy atom. The summed E-state index contributed by atoms with van der Waals surface area (Å²) in [5.41, 5.74) is -1.74. The molecule has 1 rings (SSSR count). The van der Waals surface area contributed by atoms with Crippen LogP contribution in [0.3, 0.4) is 0 Å². The molecule has 0 unspecified atom stereocenters. The van der Waals surface area contributed by atoms with Crippen LogP contribution in [-0.2, 0) is 6.54 Å². The molecule has 0 aliphatic carbocycles. The molecular formula is C8H7BF4NO-. The minimum absolute atomic E-state index is 0.632. The zero-order valence-electron chi connectivity index (χ0n) is 7.59. The lowest BCUT2D eigenvalue weighted by Gasteiger charge is -2.18. The summed E-state index contributed by atoms with van der Waals surface area (Å²) in [6, 6.07) is 1.76. The summed E-state index contributed by atoms with van der Waals surface area (Å²) in [4.78, 5) is 11.0. The van der Waals surface area contributed by atoms with Crippen LogP contribution < -0.4 is 5.56 Å². The Morgan fingerprint density at radius 3 is 2.53 bits per heavy atom. The molecule has 0 atom stereocenters. The Labute approximate surface area is 82.9 Å². The second kappa shape index (κ2) is 3.92. The molecule has 0 bridgehead atoms. The van der Waals surface area contributed by atoms with Gasteiger partial charge in [0.1, 0.15) is 5.82 Å². The first kappa shape index (κ1) is 11.5. The van der Waals surface area contributed by atoms with E-state index in [4.69, 9.17) is 0 Å². The van der Waals surface area contributed by atoms with Gasteiger partial charge in [-0.15, -0.1) is 12.1 Å². The maximum atomic E-state index is 12.6. The van der Waals surface area contributed by atoms with Crippen LogP contribution in [0.2, 0.25) is 0 Å². The van der Waals surface area contributed by atoms with E-state index in [1.54, 1.807) is 0 Å². The van der Waals surface area contributed by atoms with Crippen LogP contribution in [0.25, 0.3) is 0 Å². The Kier molecular flexibility index (Phi) is 3.02.